The molecule has 1 aliphatic rings. The molecule has 256 valence electrons. The van der Waals surface area contributed by atoms with Crippen molar-refractivity contribution in [3.63, 3.8) is 0 Å². The van der Waals surface area contributed by atoms with Gasteiger partial charge in [0.1, 0.15) is 11.2 Å². The summed E-state index contributed by atoms with van der Waals surface area (Å²) in [7, 11) is 0. The summed E-state index contributed by atoms with van der Waals surface area (Å²) in [6, 6.07) is 57.0. The van der Waals surface area contributed by atoms with Crippen LogP contribution in [-0.4, -0.2) is 15.0 Å². The summed E-state index contributed by atoms with van der Waals surface area (Å²) in [6.07, 6.45) is 8.50. The van der Waals surface area contributed by atoms with Crippen LogP contribution in [0.2, 0.25) is 0 Å². The molecule has 5 heteroatoms. The lowest BCUT2D eigenvalue weighted by atomic mass is 10.0. The molecule has 2 aromatic heterocycles. The Morgan fingerprint density at radius 3 is 1.94 bits per heavy atom. The maximum Gasteiger partial charge on any atom is 0.164 e. The molecule has 0 aliphatic heterocycles. The molecule has 0 atom stereocenters. The van der Waals surface area contributed by atoms with Gasteiger partial charge in [-0.05, 0) is 95.4 Å². The fraction of sp³-hybridized carbons (Fsp3) is 0.0408. The highest BCUT2D eigenvalue weighted by atomic mass is 16.3. The Morgan fingerprint density at radius 2 is 1.15 bits per heavy atom. The summed E-state index contributed by atoms with van der Waals surface area (Å²) < 4.78 is 6.60. The highest BCUT2D eigenvalue weighted by molar-refractivity contribution is 6.12. The molecule has 10 rings (SSSR count). The molecule has 0 spiro atoms. The Morgan fingerprint density at radius 1 is 0.463 bits per heavy atom. The molecular weight excluding hydrogens is 661 g/mol. The van der Waals surface area contributed by atoms with Crippen LogP contribution >= 0.6 is 0 Å². The number of nitrogens with zero attached hydrogens (tertiary/aromatic N) is 4. The number of hydrogen-bond acceptors (Lipinski definition) is 5. The maximum atomic E-state index is 6.60. The lowest BCUT2D eigenvalue weighted by Crippen LogP contribution is -2.09. The molecule has 7 aromatic carbocycles. The van der Waals surface area contributed by atoms with Gasteiger partial charge in [0.2, 0.25) is 0 Å². The van der Waals surface area contributed by atoms with Crippen molar-refractivity contribution < 1.29 is 4.42 Å². The van der Waals surface area contributed by atoms with Crippen LogP contribution in [0.4, 0.5) is 17.1 Å². The third-order valence-corrected chi connectivity index (χ3v) is 10.1. The third-order valence-electron chi connectivity index (χ3n) is 10.1. The van der Waals surface area contributed by atoms with Gasteiger partial charge in [0.05, 0.1) is 0 Å². The first-order chi connectivity index (χ1) is 26.7. The molecule has 5 nitrogen and oxygen atoms in total. The molecule has 0 saturated carbocycles. The third kappa shape index (κ3) is 5.82. The SMILES string of the molecule is C1=CC(c2nc(-c3ccc4ccccc4c3)nc(-c3cccc4oc5cc(-c6cccc(N(c7ccccc7)c7ccccc7)c6)ccc5c34)n2)=CCC1. The van der Waals surface area contributed by atoms with Crippen LogP contribution in [0.15, 0.2) is 186 Å². The first kappa shape index (κ1) is 31.6. The Kier molecular flexibility index (Phi) is 7.88. The van der Waals surface area contributed by atoms with E-state index in [0.29, 0.717) is 17.5 Å². The molecule has 0 fully saturated rings. The molecule has 1 aliphatic carbocycles. The second-order valence-electron chi connectivity index (χ2n) is 13.6. The van der Waals surface area contributed by atoms with Crippen molar-refractivity contribution >= 4 is 55.3 Å². The Bertz CT molecular complexity index is 2850. The van der Waals surface area contributed by atoms with Crippen LogP contribution in [0.3, 0.4) is 0 Å². The van der Waals surface area contributed by atoms with Crippen molar-refractivity contribution in [2.45, 2.75) is 12.8 Å². The first-order valence-electron chi connectivity index (χ1n) is 18.3. The van der Waals surface area contributed by atoms with Crippen molar-refractivity contribution in [1.82, 2.24) is 15.0 Å². The zero-order chi connectivity index (χ0) is 35.8. The van der Waals surface area contributed by atoms with Gasteiger partial charge in [0, 0.05) is 44.5 Å². The standard InChI is InChI=1S/C49H34N4O/c1-4-15-34(16-5-1)47-50-48(38-27-26-33-14-10-11-17-35(33)30-38)52-49(51-47)43-24-13-25-44-46(43)42-29-28-37(32-45(42)54-44)36-18-12-23-41(31-36)53(39-19-6-2-7-20-39)40-21-8-3-9-22-40/h2-4,6-32H,1,5H2. The minimum absolute atomic E-state index is 0.620. The van der Waals surface area contributed by atoms with E-state index in [0.717, 1.165) is 85.1 Å². The van der Waals surface area contributed by atoms with Gasteiger partial charge < -0.3 is 9.32 Å². The lowest BCUT2D eigenvalue weighted by molar-refractivity contribution is 0.669. The van der Waals surface area contributed by atoms with E-state index in [4.69, 9.17) is 19.4 Å². The average molecular weight is 695 g/mol. The summed E-state index contributed by atoms with van der Waals surface area (Å²) in [5.74, 6) is 1.94. The van der Waals surface area contributed by atoms with Gasteiger partial charge in [-0.25, -0.2) is 15.0 Å². The van der Waals surface area contributed by atoms with E-state index in [1.54, 1.807) is 0 Å². The minimum Gasteiger partial charge on any atom is -0.456 e. The van der Waals surface area contributed by atoms with Crippen molar-refractivity contribution in [1.29, 1.82) is 0 Å². The topological polar surface area (TPSA) is 55.1 Å². The maximum absolute atomic E-state index is 6.60. The second kappa shape index (κ2) is 13.5. The summed E-state index contributed by atoms with van der Waals surface area (Å²) in [5, 5.41) is 4.33. The predicted octanol–water partition coefficient (Wildman–Crippen LogP) is 13.1. The molecule has 0 unspecified atom stereocenters. The van der Waals surface area contributed by atoms with Crippen LogP contribution < -0.4 is 4.90 Å². The van der Waals surface area contributed by atoms with Crippen molar-refractivity contribution in [2.75, 3.05) is 4.90 Å². The van der Waals surface area contributed by atoms with Crippen molar-refractivity contribution in [2.24, 2.45) is 0 Å². The van der Waals surface area contributed by atoms with E-state index in [2.05, 4.69) is 163 Å². The smallest absolute Gasteiger partial charge is 0.164 e. The fourth-order valence-electron chi connectivity index (χ4n) is 7.48. The van der Waals surface area contributed by atoms with Gasteiger partial charge in [0.25, 0.3) is 0 Å². The van der Waals surface area contributed by atoms with Gasteiger partial charge in [-0.3, -0.25) is 0 Å². The van der Waals surface area contributed by atoms with E-state index in [1.165, 1.54) is 5.39 Å². The van der Waals surface area contributed by atoms with Gasteiger partial charge in [-0.1, -0.05) is 121 Å². The number of anilines is 3. The molecule has 0 radical (unpaired) electrons. The minimum atomic E-state index is 0.620. The number of rotatable bonds is 7. The highest BCUT2D eigenvalue weighted by Crippen LogP contribution is 2.40. The monoisotopic (exact) mass is 694 g/mol. The normalized spacial score (nSPS) is 12.7. The fourth-order valence-corrected chi connectivity index (χ4v) is 7.48. The summed E-state index contributed by atoms with van der Waals surface area (Å²) in [4.78, 5) is 17.5. The average Bonchev–Trinajstić information content (AvgIpc) is 3.63. The van der Waals surface area contributed by atoms with E-state index in [9.17, 15) is 0 Å². The Balaban J connectivity index is 1.08. The Labute approximate surface area is 313 Å². The van der Waals surface area contributed by atoms with E-state index in [1.807, 2.05) is 24.3 Å². The number of para-hydroxylation sites is 2. The van der Waals surface area contributed by atoms with Crippen LogP contribution in [0.5, 0.6) is 0 Å². The number of aromatic nitrogens is 3. The number of furan rings is 1. The molecule has 0 bridgehead atoms. The summed E-state index contributed by atoms with van der Waals surface area (Å²) in [5.41, 5.74) is 9.93. The van der Waals surface area contributed by atoms with Crippen molar-refractivity contribution in [3.05, 3.63) is 188 Å². The van der Waals surface area contributed by atoms with Gasteiger partial charge in [0.15, 0.2) is 17.5 Å². The summed E-state index contributed by atoms with van der Waals surface area (Å²) in [6.45, 7) is 0. The van der Waals surface area contributed by atoms with Crippen LogP contribution in [-0.2, 0) is 0 Å². The van der Waals surface area contributed by atoms with E-state index in [-0.39, 0.29) is 0 Å². The number of fused-ring (bicyclic) bond motifs is 4. The lowest BCUT2D eigenvalue weighted by Gasteiger charge is -2.25. The van der Waals surface area contributed by atoms with Crippen molar-refractivity contribution in [3.8, 4) is 33.9 Å². The molecule has 54 heavy (non-hydrogen) atoms. The summed E-state index contributed by atoms with van der Waals surface area (Å²) >= 11 is 0. The largest absolute Gasteiger partial charge is 0.456 e. The first-order valence-corrected chi connectivity index (χ1v) is 18.3. The zero-order valence-electron chi connectivity index (χ0n) is 29.4. The van der Waals surface area contributed by atoms with Crippen LogP contribution in [0.25, 0.3) is 72.2 Å². The van der Waals surface area contributed by atoms with Gasteiger partial charge >= 0.3 is 0 Å². The molecule has 0 saturated heterocycles. The van der Waals surface area contributed by atoms with Gasteiger partial charge in [-0.2, -0.15) is 0 Å². The molecule has 0 amide bonds. The number of benzene rings is 7. The van der Waals surface area contributed by atoms with Crippen LogP contribution in [0.1, 0.15) is 18.7 Å². The molecule has 9 aromatic rings. The van der Waals surface area contributed by atoms with E-state index < -0.39 is 0 Å². The number of hydrogen-bond donors (Lipinski definition) is 0. The number of allylic oxidation sites excluding steroid dienone is 4. The molecule has 2 heterocycles. The molecular formula is C49H34N4O. The zero-order valence-corrected chi connectivity index (χ0v) is 29.4. The highest BCUT2D eigenvalue weighted by Gasteiger charge is 2.19. The van der Waals surface area contributed by atoms with E-state index >= 15 is 0 Å². The second-order valence-corrected chi connectivity index (χ2v) is 13.6. The Hall–Kier alpha value is -7.11. The van der Waals surface area contributed by atoms with Crippen LogP contribution in [0, 0.1) is 0 Å². The van der Waals surface area contributed by atoms with Gasteiger partial charge in [-0.15, -0.1) is 0 Å². The quantitative estimate of drug-likeness (QED) is 0.166. The molecule has 0 N–H and O–H groups in total. The predicted molar refractivity (Wildman–Crippen MR) is 222 cm³/mol.